The van der Waals surface area contributed by atoms with Crippen molar-refractivity contribution in [2.75, 3.05) is 0 Å². The second-order valence-electron chi connectivity index (χ2n) is 7.66. The van der Waals surface area contributed by atoms with Gasteiger partial charge in [0, 0.05) is 5.56 Å². The third-order valence-corrected chi connectivity index (χ3v) is 5.24. The average Bonchev–Trinajstić information content (AvgIpc) is 3.14. The van der Waals surface area contributed by atoms with E-state index < -0.39 is 10.2 Å². The van der Waals surface area contributed by atoms with Crippen LogP contribution in [0.4, 0.5) is 0 Å². The summed E-state index contributed by atoms with van der Waals surface area (Å²) in [5.74, 6) is 0. The highest BCUT2D eigenvalue weighted by atomic mass is 35.7. The third kappa shape index (κ3) is 6.35. The maximum absolute atomic E-state index is 8.49. The number of rotatable bonds is 3. The summed E-state index contributed by atoms with van der Waals surface area (Å²) in [6.45, 7) is 4.25. The van der Waals surface area contributed by atoms with Crippen molar-refractivity contribution in [1.82, 2.24) is 9.90 Å². The lowest BCUT2D eigenvalue weighted by molar-refractivity contribution is -2.00. The molecule has 1 fully saturated rings. The zero-order valence-electron chi connectivity index (χ0n) is 17.2. The molecular formula is C22H26ClN3O4. The molecule has 4 rings (SSSR count). The zero-order chi connectivity index (χ0) is 21.7. The minimum absolute atomic E-state index is 0.543. The molecule has 1 saturated carbocycles. The zero-order valence-corrected chi connectivity index (χ0v) is 17.9. The number of hydrogen-bond donors (Lipinski definition) is 0. The molecule has 0 amide bonds. The van der Waals surface area contributed by atoms with Crippen LogP contribution in [0, 0.1) is 24.1 Å². The molecule has 0 saturated heterocycles. The molecule has 1 aliphatic rings. The Labute approximate surface area is 178 Å². The van der Waals surface area contributed by atoms with E-state index in [-0.39, 0.29) is 0 Å². The lowest BCUT2D eigenvalue weighted by Gasteiger charge is -2.19. The molecule has 1 aromatic heterocycles. The second kappa shape index (κ2) is 9.68. The van der Waals surface area contributed by atoms with Crippen LogP contribution in [-0.2, 0) is 0 Å². The summed E-state index contributed by atoms with van der Waals surface area (Å²) in [6, 6.07) is 17.9. The molecule has 0 radical (unpaired) electrons. The fraction of sp³-hybridized carbons (Fsp3) is 0.364. The van der Waals surface area contributed by atoms with Crippen LogP contribution in [0.5, 0.6) is 0 Å². The minimum Gasteiger partial charge on any atom is -0.222 e. The fourth-order valence-electron chi connectivity index (χ4n) is 3.69. The van der Waals surface area contributed by atoms with Crippen molar-refractivity contribution in [3.63, 3.8) is 0 Å². The first-order valence-corrected chi connectivity index (χ1v) is 11.2. The first-order chi connectivity index (χ1) is 14.2. The lowest BCUT2D eigenvalue weighted by Crippen LogP contribution is -2.68. The normalized spacial score (nSPS) is 14.9. The minimum atomic E-state index is -4.94. The largest absolute Gasteiger partial charge is 0.249 e. The Bertz CT molecular complexity index is 938. The number of hydrogen-bond acceptors (Lipinski definition) is 5. The van der Waals surface area contributed by atoms with E-state index in [2.05, 4.69) is 78.1 Å². The first-order valence-electron chi connectivity index (χ1n) is 9.98. The van der Waals surface area contributed by atoms with Gasteiger partial charge in [-0.25, -0.2) is 18.6 Å². The molecule has 2 aromatic carbocycles. The molecule has 0 aliphatic heterocycles. The summed E-state index contributed by atoms with van der Waals surface area (Å²) in [5.41, 5.74) is 5.92. The van der Waals surface area contributed by atoms with E-state index in [1.807, 2.05) is 0 Å². The third-order valence-electron chi connectivity index (χ3n) is 5.24. The summed E-state index contributed by atoms with van der Waals surface area (Å²) in [4.78, 5) is 2.10. The van der Waals surface area contributed by atoms with Gasteiger partial charge in [-0.05, 0) is 56.5 Å². The Kier molecular flexibility index (Phi) is 7.23. The van der Waals surface area contributed by atoms with Crippen molar-refractivity contribution in [2.45, 2.75) is 52.0 Å². The number of halogens is 1. The Morgan fingerprint density at radius 3 is 1.87 bits per heavy atom. The number of nitrogens with zero attached hydrogens (tertiary/aromatic N) is 3. The quantitative estimate of drug-likeness (QED) is 0.549. The highest BCUT2D eigenvalue weighted by Gasteiger charge is 2.27. The van der Waals surface area contributed by atoms with Gasteiger partial charge < -0.3 is 0 Å². The summed E-state index contributed by atoms with van der Waals surface area (Å²) < 4.78 is 36.3. The molecule has 1 aliphatic carbocycles. The number of aromatic nitrogens is 3. The van der Waals surface area contributed by atoms with Crippen LogP contribution in [0.3, 0.4) is 0 Å². The monoisotopic (exact) mass is 431 g/mol. The van der Waals surface area contributed by atoms with Gasteiger partial charge in [-0.1, -0.05) is 53.9 Å². The molecule has 0 spiro atoms. The summed E-state index contributed by atoms with van der Waals surface area (Å²) in [5, 5.41) is 4.96. The molecule has 0 bridgehead atoms. The van der Waals surface area contributed by atoms with E-state index in [0.717, 1.165) is 11.4 Å². The van der Waals surface area contributed by atoms with Crippen LogP contribution in [0.25, 0.3) is 16.9 Å². The van der Waals surface area contributed by atoms with Gasteiger partial charge in [0.2, 0.25) is 5.69 Å². The van der Waals surface area contributed by atoms with Gasteiger partial charge in [0.25, 0.3) is 0 Å². The van der Waals surface area contributed by atoms with Crippen LogP contribution >= 0.6 is 0 Å². The first kappa shape index (κ1) is 22.4. The van der Waals surface area contributed by atoms with E-state index in [0.29, 0.717) is 6.04 Å². The van der Waals surface area contributed by atoms with Gasteiger partial charge in [-0.2, -0.15) is 4.68 Å². The van der Waals surface area contributed by atoms with Crippen molar-refractivity contribution in [3.8, 4) is 16.9 Å². The van der Waals surface area contributed by atoms with Crippen LogP contribution in [0.1, 0.15) is 49.3 Å². The molecule has 0 unspecified atom stereocenters. The molecule has 0 N–H and O–H groups in total. The molecule has 7 nitrogen and oxygen atoms in total. The van der Waals surface area contributed by atoms with Gasteiger partial charge in [-0.15, -0.1) is 10.2 Å². The lowest BCUT2D eigenvalue weighted by atomic mass is 9.96. The Morgan fingerprint density at radius 1 is 0.833 bits per heavy atom. The number of benzene rings is 2. The van der Waals surface area contributed by atoms with E-state index in [1.54, 1.807) is 0 Å². The fourth-order valence-corrected chi connectivity index (χ4v) is 3.69. The van der Waals surface area contributed by atoms with Crippen LogP contribution in [0.15, 0.2) is 54.7 Å². The van der Waals surface area contributed by atoms with Crippen molar-refractivity contribution >= 4 is 0 Å². The van der Waals surface area contributed by atoms with Gasteiger partial charge in [0.15, 0.2) is 6.20 Å². The average molecular weight is 432 g/mol. The summed E-state index contributed by atoms with van der Waals surface area (Å²) in [7, 11) is -4.94. The number of aryl methyl sites for hydroxylation is 2. The predicted octanol–water partition coefficient (Wildman–Crippen LogP) is 0.193. The molecular weight excluding hydrogens is 406 g/mol. The van der Waals surface area contributed by atoms with E-state index >= 15 is 0 Å². The standard InChI is InChI=1S/C22H26N3.ClHO4/c1-17-8-12-19(13-9-17)22-16-24(20-6-4-3-5-7-20)25(23-22)21-14-10-18(2)11-15-21;2-1(3,4)5/h8-16,20H,3-7H2,1-2H3;(H,2,3,4,5)/q+1;/p-1. The van der Waals surface area contributed by atoms with E-state index in [9.17, 15) is 0 Å². The Hall–Kier alpha value is -2.29. The van der Waals surface area contributed by atoms with Crippen LogP contribution < -0.4 is 23.3 Å². The maximum atomic E-state index is 8.49. The Balaban J connectivity index is 0.000000461. The molecule has 30 heavy (non-hydrogen) atoms. The van der Waals surface area contributed by atoms with E-state index in [4.69, 9.17) is 23.7 Å². The van der Waals surface area contributed by atoms with Crippen molar-refractivity contribution in [3.05, 3.63) is 65.9 Å². The molecule has 0 atom stereocenters. The second-order valence-corrected chi connectivity index (χ2v) is 8.41. The van der Waals surface area contributed by atoms with Crippen molar-refractivity contribution in [1.29, 1.82) is 0 Å². The van der Waals surface area contributed by atoms with Crippen LogP contribution in [0.2, 0.25) is 0 Å². The highest BCUT2D eigenvalue weighted by molar-refractivity contribution is 5.57. The Morgan fingerprint density at radius 2 is 1.33 bits per heavy atom. The predicted molar refractivity (Wildman–Crippen MR) is 101 cm³/mol. The topological polar surface area (TPSA) is 114 Å². The SMILES string of the molecule is Cc1ccc(-c2c[n+](C3CCCCC3)n(-c3ccc(C)cc3)n2)cc1.[O-][Cl+3]([O-])([O-])[O-]. The van der Waals surface area contributed by atoms with Gasteiger partial charge in [0.1, 0.15) is 11.7 Å². The molecule has 160 valence electrons. The smallest absolute Gasteiger partial charge is 0.222 e. The maximum Gasteiger partial charge on any atom is 0.249 e. The van der Waals surface area contributed by atoms with E-state index in [1.165, 1.54) is 48.8 Å². The summed E-state index contributed by atoms with van der Waals surface area (Å²) in [6.07, 6.45) is 8.72. The molecule has 1 heterocycles. The van der Waals surface area contributed by atoms with Crippen LogP contribution in [-0.4, -0.2) is 9.90 Å². The van der Waals surface area contributed by atoms with Crippen molar-refractivity contribution < 1.29 is 33.6 Å². The van der Waals surface area contributed by atoms with Gasteiger partial charge in [-0.3, -0.25) is 0 Å². The van der Waals surface area contributed by atoms with Gasteiger partial charge >= 0.3 is 0 Å². The van der Waals surface area contributed by atoms with Crippen molar-refractivity contribution in [2.24, 2.45) is 0 Å². The molecule has 8 heteroatoms. The van der Waals surface area contributed by atoms with Gasteiger partial charge in [0.05, 0.1) is 5.10 Å². The highest BCUT2D eigenvalue weighted by Crippen LogP contribution is 2.25. The summed E-state index contributed by atoms with van der Waals surface area (Å²) >= 11 is 0. The molecule has 3 aromatic rings.